The zero-order valence-corrected chi connectivity index (χ0v) is 10.3. The van der Waals surface area contributed by atoms with Gasteiger partial charge in [0.25, 0.3) is 0 Å². The number of hydrogen-bond acceptors (Lipinski definition) is 3. The lowest BCUT2D eigenvalue weighted by atomic mass is 10.0. The van der Waals surface area contributed by atoms with E-state index in [-0.39, 0.29) is 6.54 Å². The van der Waals surface area contributed by atoms with Crippen LogP contribution in [0.2, 0.25) is 0 Å². The first-order valence-electron chi connectivity index (χ1n) is 4.69. The second-order valence-corrected chi connectivity index (χ2v) is 4.30. The van der Waals surface area contributed by atoms with E-state index in [1.54, 1.807) is 6.07 Å². The maximum absolute atomic E-state index is 9.82. The molecule has 6 heteroatoms. The second kappa shape index (κ2) is 5.86. The number of hydrogen-bond donors (Lipinski definition) is 2. The molecule has 16 heavy (non-hydrogen) atoms. The van der Waals surface area contributed by atoms with E-state index in [1.807, 2.05) is 19.1 Å². The van der Waals surface area contributed by atoms with Crippen LogP contribution in [0.25, 0.3) is 10.4 Å². The highest BCUT2D eigenvalue weighted by atomic mass is 79.9. The summed E-state index contributed by atoms with van der Waals surface area (Å²) in [6, 6.07) is 5.41. The minimum Gasteiger partial charge on any atom is -0.390 e. The number of benzene rings is 1. The summed E-state index contributed by atoms with van der Waals surface area (Å²) in [7, 11) is 0. The molecule has 0 aliphatic carbocycles. The predicted octanol–water partition coefficient (Wildman–Crippen LogP) is 2.46. The molecule has 0 aliphatic rings. The summed E-state index contributed by atoms with van der Waals surface area (Å²) < 4.78 is 0.722. The lowest BCUT2D eigenvalue weighted by molar-refractivity contribution is 0.0240. The molecule has 86 valence electrons. The van der Waals surface area contributed by atoms with Gasteiger partial charge in [-0.3, -0.25) is 0 Å². The Hall–Kier alpha value is -1.07. The highest BCUT2D eigenvalue weighted by molar-refractivity contribution is 9.10. The molecule has 5 nitrogen and oxygen atoms in total. The van der Waals surface area contributed by atoms with Crippen molar-refractivity contribution >= 4 is 15.9 Å². The van der Waals surface area contributed by atoms with Gasteiger partial charge in [0, 0.05) is 9.38 Å². The smallest absolute Gasteiger partial charge is 0.106 e. The van der Waals surface area contributed by atoms with Gasteiger partial charge in [-0.1, -0.05) is 33.2 Å². The summed E-state index contributed by atoms with van der Waals surface area (Å²) in [6.07, 6.45) is -2.17. The largest absolute Gasteiger partial charge is 0.390 e. The number of aryl methyl sites for hydroxylation is 1. The fourth-order valence-electron chi connectivity index (χ4n) is 1.30. The maximum atomic E-state index is 9.82. The van der Waals surface area contributed by atoms with Crippen molar-refractivity contribution in [3.63, 3.8) is 0 Å². The number of rotatable bonds is 4. The highest BCUT2D eigenvalue weighted by Gasteiger charge is 2.19. The molecule has 0 saturated heterocycles. The van der Waals surface area contributed by atoms with Gasteiger partial charge in [-0.15, -0.1) is 0 Å². The van der Waals surface area contributed by atoms with E-state index in [1.165, 1.54) is 0 Å². The first kappa shape index (κ1) is 13.0. The van der Waals surface area contributed by atoms with Gasteiger partial charge < -0.3 is 10.2 Å². The van der Waals surface area contributed by atoms with E-state index in [2.05, 4.69) is 26.0 Å². The summed E-state index contributed by atoms with van der Waals surface area (Å²) in [5.41, 5.74) is 9.74. The Morgan fingerprint density at radius 1 is 1.50 bits per heavy atom. The fraction of sp³-hybridized carbons (Fsp3) is 0.400. The Morgan fingerprint density at radius 3 is 2.75 bits per heavy atom. The van der Waals surface area contributed by atoms with Crippen LogP contribution in [0.5, 0.6) is 0 Å². The van der Waals surface area contributed by atoms with Gasteiger partial charge in [-0.25, -0.2) is 0 Å². The fourth-order valence-corrected chi connectivity index (χ4v) is 2.03. The Balaban J connectivity index is 2.86. The molecule has 0 aromatic heterocycles. The van der Waals surface area contributed by atoms with Crippen LogP contribution in [0.15, 0.2) is 27.8 Å². The summed E-state index contributed by atoms with van der Waals surface area (Å²) in [4.78, 5) is 2.53. The van der Waals surface area contributed by atoms with Gasteiger partial charge in [0.1, 0.15) is 6.10 Å². The highest BCUT2D eigenvalue weighted by Crippen LogP contribution is 2.26. The van der Waals surface area contributed by atoms with Crippen molar-refractivity contribution in [1.82, 2.24) is 0 Å². The topological polar surface area (TPSA) is 89.2 Å². The van der Waals surface area contributed by atoms with E-state index < -0.39 is 12.2 Å². The minimum absolute atomic E-state index is 0.155. The summed E-state index contributed by atoms with van der Waals surface area (Å²) in [6.45, 7) is 1.77. The minimum atomic E-state index is -1.10. The molecule has 0 bridgehead atoms. The van der Waals surface area contributed by atoms with Gasteiger partial charge in [-0.2, -0.15) is 0 Å². The van der Waals surface area contributed by atoms with Crippen molar-refractivity contribution in [3.05, 3.63) is 44.2 Å². The molecule has 2 N–H and O–H groups in total. The molecule has 0 saturated carbocycles. The SMILES string of the molecule is Cc1ccc(C(O)C(O)CN=[N+]=[N-])c(Br)c1. The average Bonchev–Trinajstić information content (AvgIpc) is 2.25. The Kier molecular flexibility index (Phi) is 4.76. The van der Waals surface area contributed by atoms with Crippen LogP contribution in [0.4, 0.5) is 0 Å². The first-order chi connectivity index (χ1) is 7.56. The monoisotopic (exact) mass is 285 g/mol. The van der Waals surface area contributed by atoms with Crippen molar-refractivity contribution in [2.75, 3.05) is 6.54 Å². The molecule has 2 atom stereocenters. The van der Waals surface area contributed by atoms with Crippen molar-refractivity contribution in [1.29, 1.82) is 0 Å². The number of aliphatic hydroxyl groups excluding tert-OH is 2. The summed E-state index contributed by atoms with van der Waals surface area (Å²) >= 11 is 3.31. The third-order valence-electron chi connectivity index (χ3n) is 2.17. The van der Waals surface area contributed by atoms with E-state index >= 15 is 0 Å². The molecule has 0 amide bonds. The molecule has 1 rings (SSSR count). The van der Waals surface area contributed by atoms with Gasteiger partial charge in [0.2, 0.25) is 0 Å². The van der Waals surface area contributed by atoms with Gasteiger partial charge in [-0.05, 0) is 29.6 Å². The Morgan fingerprint density at radius 2 is 2.19 bits per heavy atom. The molecule has 0 spiro atoms. The average molecular weight is 286 g/mol. The zero-order chi connectivity index (χ0) is 12.1. The van der Waals surface area contributed by atoms with Crippen LogP contribution in [0, 0.1) is 6.92 Å². The van der Waals surface area contributed by atoms with Crippen LogP contribution in [-0.2, 0) is 0 Å². The van der Waals surface area contributed by atoms with Crippen LogP contribution < -0.4 is 0 Å². The lowest BCUT2D eigenvalue weighted by Gasteiger charge is -2.17. The van der Waals surface area contributed by atoms with Crippen LogP contribution >= 0.6 is 15.9 Å². The number of azide groups is 1. The van der Waals surface area contributed by atoms with E-state index in [0.717, 1.165) is 10.0 Å². The number of aliphatic hydroxyl groups is 2. The number of halogens is 1. The van der Waals surface area contributed by atoms with Crippen LogP contribution in [0.3, 0.4) is 0 Å². The van der Waals surface area contributed by atoms with Gasteiger partial charge in [0.15, 0.2) is 0 Å². The summed E-state index contributed by atoms with van der Waals surface area (Å²) in [5.74, 6) is 0. The van der Waals surface area contributed by atoms with E-state index in [4.69, 9.17) is 5.53 Å². The molecule has 0 aliphatic heterocycles. The molecule has 0 fully saturated rings. The van der Waals surface area contributed by atoms with Crippen molar-refractivity contribution in [2.24, 2.45) is 5.11 Å². The van der Waals surface area contributed by atoms with Crippen LogP contribution in [0.1, 0.15) is 17.2 Å². The van der Waals surface area contributed by atoms with Crippen molar-refractivity contribution in [2.45, 2.75) is 19.1 Å². The van der Waals surface area contributed by atoms with Crippen molar-refractivity contribution in [3.8, 4) is 0 Å². The molecular weight excluding hydrogens is 274 g/mol. The normalized spacial score (nSPS) is 14.0. The summed E-state index contributed by atoms with van der Waals surface area (Å²) in [5, 5.41) is 22.6. The molecule has 1 aromatic rings. The van der Waals surface area contributed by atoms with Gasteiger partial charge in [0.05, 0.1) is 12.6 Å². The third kappa shape index (κ3) is 3.21. The Bertz CT molecular complexity index is 419. The molecule has 0 heterocycles. The lowest BCUT2D eigenvalue weighted by Crippen LogP contribution is -2.21. The Labute approximate surface area is 101 Å². The van der Waals surface area contributed by atoms with E-state index in [0.29, 0.717) is 5.56 Å². The predicted molar refractivity (Wildman–Crippen MR) is 63.9 cm³/mol. The molecule has 2 unspecified atom stereocenters. The molecule has 1 aromatic carbocycles. The van der Waals surface area contributed by atoms with Crippen LogP contribution in [-0.4, -0.2) is 22.9 Å². The standard InChI is InChI=1S/C10H12BrN3O2/c1-6-2-3-7(8(11)4-6)10(16)9(15)5-13-14-12/h2-4,9-10,15-16H,5H2,1H3. The first-order valence-corrected chi connectivity index (χ1v) is 5.48. The third-order valence-corrected chi connectivity index (χ3v) is 2.86. The molecule has 0 radical (unpaired) electrons. The number of nitrogens with zero attached hydrogens (tertiary/aromatic N) is 3. The second-order valence-electron chi connectivity index (χ2n) is 3.45. The van der Waals surface area contributed by atoms with E-state index in [9.17, 15) is 10.2 Å². The quantitative estimate of drug-likeness (QED) is 0.505. The van der Waals surface area contributed by atoms with Gasteiger partial charge >= 0.3 is 0 Å². The molecular formula is C10H12BrN3O2. The maximum Gasteiger partial charge on any atom is 0.106 e. The van der Waals surface area contributed by atoms with Crippen molar-refractivity contribution < 1.29 is 10.2 Å². The zero-order valence-electron chi connectivity index (χ0n) is 8.71.